The molecule has 0 spiro atoms. The van der Waals surface area contributed by atoms with Gasteiger partial charge in [0.25, 0.3) is 5.91 Å². The van der Waals surface area contributed by atoms with Gasteiger partial charge in [-0.3, -0.25) is 9.59 Å². The minimum absolute atomic E-state index is 0.0934. The number of amides is 2. The van der Waals surface area contributed by atoms with E-state index < -0.39 is 0 Å². The van der Waals surface area contributed by atoms with Crippen molar-refractivity contribution in [2.24, 2.45) is 0 Å². The maximum Gasteiger partial charge on any atom is 0.262 e. The van der Waals surface area contributed by atoms with Gasteiger partial charge in [-0.05, 0) is 49.4 Å². The highest BCUT2D eigenvalue weighted by atomic mass is 32.2. The quantitative estimate of drug-likeness (QED) is 0.416. The first-order valence-corrected chi connectivity index (χ1v) is 11.1. The van der Waals surface area contributed by atoms with Crippen LogP contribution in [0, 0.1) is 0 Å². The molecule has 3 rings (SSSR count). The summed E-state index contributed by atoms with van der Waals surface area (Å²) in [6.45, 7) is 1.72. The first-order chi connectivity index (χ1) is 16.0. The summed E-state index contributed by atoms with van der Waals surface area (Å²) >= 11 is 1.38. The Morgan fingerprint density at radius 2 is 1.67 bits per heavy atom. The summed E-state index contributed by atoms with van der Waals surface area (Å²) in [6.07, 6.45) is 0. The molecule has 0 saturated heterocycles. The van der Waals surface area contributed by atoms with E-state index in [0.29, 0.717) is 28.6 Å². The van der Waals surface area contributed by atoms with Crippen molar-refractivity contribution in [3.63, 3.8) is 0 Å². The van der Waals surface area contributed by atoms with Gasteiger partial charge in [0.2, 0.25) is 5.91 Å². The summed E-state index contributed by atoms with van der Waals surface area (Å²) in [4.78, 5) is 25.8. The van der Waals surface area contributed by atoms with Crippen molar-refractivity contribution in [1.29, 1.82) is 0 Å². The third-order valence-corrected chi connectivity index (χ3v) is 5.67. The Kier molecular flexibility index (Phi) is 8.60. The minimum Gasteiger partial charge on any atom is -0.497 e. The maximum absolute atomic E-state index is 12.7. The van der Waals surface area contributed by atoms with Crippen LogP contribution in [0.15, 0.2) is 77.7 Å². The molecule has 0 saturated carbocycles. The number of anilines is 2. The van der Waals surface area contributed by atoms with E-state index in [1.54, 1.807) is 43.5 Å². The van der Waals surface area contributed by atoms with Gasteiger partial charge in [-0.25, -0.2) is 0 Å². The molecule has 2 amide bonds. The molecule has 0 aliphatic carbocycles. The Bertz CT molecular complexity index is 1090. The predicted molar refractivity (Wildman–Crippen MR) is 131 cm³/mol. The number of methoxy groups -OCH3 is 2. The van der Waals surface area contributed by atoms with Crippen LogP contribution in [0.3, 0.4) is 0 Å². The number of carbonyl (C=O) groups is 2. The summed E-state index contributed by atoms with van der Waals surface area (Å²) in [5.41, 5.74) is 1.20. The zero-order chi connectivity index (χ0) is 23.6. The fraction of sp³-hybridized carbons (Fsp3) is 0.200. The number of benzene rings is 3. The second-order valence-corrected chi connectivity index (χ2v) is 8.41. The van der Waals surface area contributed by atoms with Crippen LogP contribution in [0.1, 0.15) is 6.92 Å². The fourth-order valence-electron chi connectivity index (χ4n) is 2.90. The van der Waals surface area contributed by atoms with Gasteiger partial charge >= 0.3 is 0 Å². The van der Waals surface area contributed by atoms with Gasteiger partial charge in [0.05, 0.1) is 25.2 Å². The van der Waals surface area contributed by atoms with Gasteiger partial charge in [-0.2, -0.15) is 0 Å². The van der Waals surface area contributed by atoms with Crippen LogP contribution in [0.2, 0.25) is 0 Å². The number of hydrogen-bond donors (Lipinski definition) is 2. The highest BCUT2D eigenvalue weighted by molar-refractivity contribution is 8.00. The standard InChI is InChI=1S/C25H26N2O5S/c1-17(25(29)27-22-13-12-20(30-2)15-23(22)31-3)33-21-11-7-8-18(14-21)26-24(28)16-32-19-9-5-4-6-10-19/h4-15,17H,16H2,1-3H3,(H,26,28)(H,27,29). The molecule has 8 heteroatoms. The number of thioether (sulfide) groups is 1. The highest BCUT2D eigenvalue weighted by Crippen LogP contribution is 2.31. The Morgan fingerprint density at radius 1 is 0.879 bits per heavy atom. The smallest absolute Gasteiger partial charge is 0.262 e. The summed E-state index contributed by atoms with van der Waals surface area (Å²) < 4.78 is 16.0. The Morgan fingerprint density at radius 3 is 2.39 bits per heavy atom. The van der Waals surface area contributed by atoms with Gasteiger partial charge in [0, 0.05) is 16.6 Å². The van der Waals surface area contributed by atoms with Crippen LogP contribution in [0.25, 0.3) is 0 Å². The number of para-hydroxylation sites is 1. The lowest BCUT2D eigenvalue weighted by molar-refractivity contribution is -0.118. The summed E-state index contributed by atoms with van der Waals surface area (Å²) in [6, 6.07) is 21.7. The van der Waals surface area contributed by atoms with Crippen molar-refractivity contribution >= 4 is 35.0 Å². The molecule has 1 unspecified atom stereocenters. The number of carbonyl (C=O) groups excluding carboxylic acids is 2. The molecule has 0 radical (unpaired) electrons. The van der Waals surface area contributed by atoms with E-state index in [1.165, 1.54) is 18.9 Å². The Balaban J connectivity index is 1.55. The normalized spacial score (nSPS) is 11.2. The third kappa shape index (κ3) is 7.18. The van der Waals surface area contributed by atoms with Crippen LogP contribution in [-0.2, 0) is 9.59 Å². The Hall–Kier alpha value is -3.65. The number of rotatable bonds is 10. The molecular weight excluding hydrogens is 440 g/mol. The molecule has 0 fully saturated rings. The van der Waals surface area contributed by atoms with E-state index in [2.05, 4.69) is 10.6 Å². The molecule has 0 heterocycles. The molecule has 2 N–H and O–H groups in total. The highest BCUT2D eigenvalue weighted by Gasteiger charge is 2.17. The third-order valence-electron chi connectivity index (χ3n) is 4.58. The van der Waals surface area contributed by atoms with E-state index in [-0.39, 0.29) is 23.7 Å². The van der Waals surface area contributed by atoms with Crippen molar-refractivity contribution in [2.75, 3.05) is 31.5 Å². The lowest BCUT2D eigenvalue weighted by Crippen LogP contribution is -2.22. The molecule has 3 aromatic rings. The van der Waals surface area contributed by atoms with Crippen molar-refractivity contribution in [3.05, 3.63) is 72.8 Å². The van der Waals surface area contributed by atoms with E-state index in [1.807, 2.05) is 43.3 Å². The molecule has 0 aliphatic heterocycles. The summed E-state index contributed by atoms with van der Waals surface area (Å²) in [5, 5.41) is 5.31. The first kappa shape index (κ1) is 24.0. The van der Waals surface area contributed by atoms with Crippen molar-refractivity contribution in [1.82, 2.24) is 0 Å². The van der Waals surface area contributed by atoms with Gasteiger partial charge in [0.1, 0.15) is 17.2 Å². The zero-order valence-electron chi connectivity index (χ0n) is 18.7. The average Bonchev–Trinajstić information content (AvgIpc) is 2.83. The SMILES string of the molecule is COc1ccc(NC(=O)C(C)Sc2cccc(NC(=O)COc3ccccc3)c2)c(OC)c1. The Labute approximate surface area is 197 Å². The van der Waals surface area contributed by atoms with Crippen molar-refractivity contribution < 1.29 is 23.8 Å². The lowest BCUT2D eigenvalue weighted by atomic mass is 10.2. The second kappa shape index (κ2) is 11.8. The maximum atomic E-state index is 12.7. The second-order valence-electron chi connectivity index (χ2n) is 6.99. The van der Waals surface area contributed by atoms with E-state index in [0.717, 1.165) is 4.90 Å². The van der Waals surface area contributed by atoms with Crippen LogP contribution >= 0.6 is 11.8 Å². The van der Waals surface area contributed by atoms with Crippen LogP contribution < -0.4 is 24.8 Å². The monoisotopic (exact) mass is 466 g/mol. The van der Waals surface area contributed by atoms with E-state index in [9.17, 15) is 9.59 Å². The largest absolute Gasteiger partial charge is 0.497 e. The fourth-order valence-corrected chi connectivity index (χ4v) is 3.83. The molecule has 33 heavy (non-hydrogen) atoms. The first-order valence-electron chi connectivity index (χ1n) is 10.3. The number of nitrogens with one attached hydrogen (secondary N) is 2. The molecule has 0 aliphatic rings. The average molecular weight is 467 g/mol. The molecule has 1 atom stereocenters. The topological polar surface area (TPSA) is 85.9 Å². The van der Waals surface area contributed by atoms with Crippen LogP contribution in [0.5, 0.6) is 17.2 Å². The number of hydrogen-bond acceptors (Lipinski definition) is 6. The molecule has 0 aromatic heterocycles. The number of ether oxygens (including phenoxy) is 3. The van der Waals surface area contributed by atoms with E-state index in [4.69, 9.17) is 14.2 Å². The van der Waals surface area contributed by atoms with Crippen LogP contribution in [0.4, 0.5) is 11.4 Å². The molecule has 3 aromatic carbocycles. The van der Waals surface area contributed by atoms with Crippen LogP contribution in [-0.4, -0.2) is 37.9 Å². The van der Waals surface area contributed by atoms with Crippen molar-refractivity contribution in [3.8, 4) is 17.2 Å². The molecular formula is C25H26N2O5S. The lowest BCUT2D eigenvalue weighted by Gasteiger charge is -2.15. The predicted octanol–water partition coefficient (Wildman–Crippen LogP) is 4.84. The minimum atomic E-state index is -0.385. The van der Waals surface area contributed by atoms with Gasteiger partial charge in [-0.15, -0.1) is 11.8 Å². The molecule has 7 nitrogen and oxygen atoms in total. The molecule has 172 valence electrons. The zero-order valence-corrected chi connectivity index (χ0v) is 19.5. The van der Waals surface area contributed by atoms with Gasteiger partial charge < -0.3 is 24.8 Å². The van der Waals surface area contributed by atoms with Gasteiger partial charge in [0.15, 0.2) is 6.61 Å². The summed E-state index contributed by atoms with van der Waals surface area (Å²) in [5.74, 6) is 1.35. The van der Waals surface area contributed by atoms with Crippen molar-refractivity contribution in [2.45, 2.75) is 17.1 Å². The van der Waals surface area contributed by atoms with E-state index >= 15 is 0 Å². The summed E-state index contributed by atoms with van der Waals surface area (Å²) in [7, 11) is 3.10. The van der Waals surface area contributed by atoms with Gasteiger partial charge in [-0.1, -0.05) is 24.3 Å². The molecule has 0 bridgehead atoms.